The molecule has 0 radical (unpaired) electrons. The van der Waals surface area contributed by atoms with Gasteiger partial charge in [-0.2, -0.15) is 0 Å². The monoisotopic (exact) mass is 305 g/mol. The first-order chi connectivity index (χ1) is 9.74. The summed E-state index contributed by atoms with van der Waals surface area (Å²) in [5.41, 5.74) is 2.56. The van der Waals surface area contributed by atoms with Crippen LogP contribution in [-0.2, 0) is 9.63 Å². The number of carbonyl (C=O) groups excluding carboxylic acids is 1. The molecule has 2 atom stereocenters. The van der Waals surface area contributed by atoms with E-state index in [9.17, 15) is 4.79 Å². The van der Waals surface area contributed by atoms with Crippen molar-refractivity contribution in [3.63, 3.8) is 0 Å². The lowest BCUT2D eigenvalue weighted by molar-refractivity contribution is -0.134. The molecule has 3 nitrogen and oxygen atoms in total. The van der Waals surface area contributed by atoms with Crippen molar-refractivity contribution in [2.75, 3.05) is 13.3 Å². The van der Waals surface area contributed by atoms with Crippen molar-refractivity contribution in [3.05, 3.63) is 0 Å². The maximum atomic E-state index is 11.5. The Balaban J connectivity index is 0. The summed E-state index contributed by atoms with van der Waals surface area (Å²) >= 11 is 0. The van der Waals surface area contributed by atoms with Crippen molar-refractivity contribution in [2.24, 2.45) is 5.92 Å². The highest BCUT2D eigenvalue weighted by Gasteiger charge is 2.06. The molecule has 1 amide bonds. The molecular formula is C16H36NO2P. The van der Waals surface area contributed by atoms with Gasteiger partial charge in [0.1, 0.15) is 0 Å². The number of unbranched alkanes of at least 4 members (excludes halogenated alkanes) is 4. The molecule has 0 aliphatic heterocycles. The Kier molecular flexibility index (Phi) is 20.9. The topological polar surface area (TPSA) is 38.3 Å². The number of carbonyl (C=O) groups is 1. The van der Waals surface area contributed by atoms with Crippen molar-refractivity contribution in [1.29, 1.82) is 0 Å². The van der Waals surface area contributed by atoms with Gasteiger partial charge in [-0.1, -0.05) is 66.0 Å². The van der Waals surface area contributed by atoms with Crippen LogP contribution in [0.1, 0.15) is 78.6 Å². The predicted molar refractivity (Wildman–Crippen MR) is 91.8 cm³/mol. The van der Waals surface area contributed by atoms with Crippen LogP contribution < -0.4 is 5.48 Å². The maximum absolute atomic E-state index is 11.5. The van der Waals surface area contributed by atoms with E-state index in [2.05, 4.69) is 35.5 Å². The van der Waals surface area contributed by atoms with Gasteiger partial charge in [-0.05, 0) is 18.8 Å². The van der Waals surface area contributed by atoms with Gasteiger partial charge in [-0.3, -0.25) is 9.63 Å². The maximum Gasteiger partial charge on any atom is 0.243 e. The van der Waals surface area contributed by atoms with Gasteiger partial charge in [0.2, 0.25) is 5.91 Å². The van der Waals surface area contributed by atoms with Gasteiger partial charge in [-0.15, -0.1) is 9.24 Å². The minimum Gasteiger partial charge on any atom is -0.273 e. The molecule has 0 spiro atoms. The molecule has 122 valence electrons. The Morgan fingerprint density at radius 3 is 2.25 bits per heavy atom. The van der Waals surface area contributed by atoms with Gasteiger partial charge < -0.3 is 0 Å². The van der Waals surface area contributed by atoms with Gasteiger partial charge in [0.15, 0.2) is 0 Å². The van der Waals surface area contributed by atoms with E-state index in [1.165, 1.54) is 32.1 Å². The first-order valence-corrected chi connectivity index (χ1v) is 9.38. The molecule has 0 heterocycles. The molecule has 0 aromatic carbocycles. The molecule has 0 aliphatic carbocycles. The second-order valence-electron chi connectivity index (χ2n) is 5.06. The predicted octanol–water partition coefficient (Wildman–Crippen LogP) is 4.71. The highest BCUT2D eigenvalue weighted by atomic mass is 31.0. The van der Waals surface area contributed by atoms with Gasteiger partial charge in [0, 0.05) is 6.42 Å². The zero-order valence-corrected chi connectivity index (χ0v) is 15.2. The van der Waals surface area contributed by atoms with Gasteiger partial charge in [0.25, 0.3) is 0 Å². The first kappa shape index (κ1) is 22.1. The zero-order chi connectivity index (χ0) is 15.6. The van der Waals surface area contributed by atoms with Crippen LogP contribution >= 0.6 is 9.24 Å². The summed E-state index contributed by atoms with van der Waals surface area (Å²) in [5.74, 6) is 0.595. The quantitative estimate of drug-likeness (QED) is 0.322. The number of nitrogens with one attached hydrogen (secondary N) is 1. The molecule has 0 saturated heterocycles. The van der Waals surface area contributed by atoms with E-state index in [1.807, 2.05) is 6.66 Å². The van der Waals surface area contributed by atoms with Crippen molar-refractivity contribution >= 4 is 15.1 Å². The smallest absolute Gasteiger partial charge is 0.243 e. The fourth-order valence-corrected chi connectivity index (χ4v) is 1.99. The lowest BCUT2D eigenvalue weighted by Gasteiger charge is -2.13. The average Bonchev–Trinajstić information content (AvgIpc) is 2.48. The van der Waals surface area contributed by atoms with E-state index < -0.39 is 0 Å². The third-order valence-electron chi connectivity index (χ3n) is 3.29. The summed E-state index contributed by atoms with van der Waals surface area (Å²) in [6, 6.07) is 0. The van der Waals surface area contributed by atoms with E-state index in [1.54, 1.807) is 0 Å². The second kappa shape index (κ2) is 18.9. The number of rotatable bonds is 12. The first-order valence-electron chi connectivity index (χ1n) is 8.22. The Morgan fingerprint density at radius 2 is 1.70 bits per heavy atom. The van der Waals surface area contributed by atoms with Crippen LogP contribution in [0.4, 0.5) is 0 Å². The van der Waals surface area contributed by atoms with E-state index >= 15 is 0 Å². The molecule has 0 bridgehead atoms. The normalized spacial score (nSPS) is 11.4. The number of hydroxylamine groups is 1. The Bertz CT molecular complexity index is 201. The summed E-state index contributed by atoms with van der Waals surface area (Å²) in [5, 5.41) is 0. The van der Waals surface area contributed by atoms with Crippen LogP contribution in [0.25, 0.3) is 0 Å². The minimum atomic E-state index is 0.0258. The SMILES string of the molecule is CCCCCCCC(=O)NOCC(CC)CCC.CP. The number of hydrogen-bond donors (Lipinski definition) is 1. The Morgan fingerprint density at radius 1 is 1.05 bits per heavy atom. The molecule has 1 N–H and O–H groups in total. The molecule has 2 unspecified atom stereocenters. The Hall–Kier alpha value is -0.140. The summed E-state index contributed by atoms with van der Waals surface area (Å²) in [7, 11) is 2.42. The van der Waals surface area contributed by atoms with Crippen LogP contribution in [0.15, 0.2) is 0 Å². The van der Waals surface area contributed by atoms with Crippen molar-refractivity contribution in [2.45, 2.75) is 78.6 Å². The number of amides is 1. The molecule has 0 rings (SSSR count). The molecule has 4 heteroatoms. The summed E-state index contributed by atoms with van der Waals surface area (Å²) in [6.45, 7) is 9.10. The Labute approximate surface area is 128 Å². The standard InChI is InChI=1S/C15H31NO2.CH5P/c1-4-7-8-9-10-12-15(17)16-18-13-14(6-3)11-5-2;1-2/h14H,4-13H2,1-3H3,(H,16,17);2H2,1H3. The van der Waals surface area contributed by atoms with Gasteiger partial charge in [0.05, 0.1) is 6.61 Å². The molecule has 0 aromatic rings. The molecule has 0 aliphatic rings. The van der Waals surface area contributed by atoms with Gasteiger partial charge in [-0.25, -0.2) is 5.48 Å². The third kappa shape index (κ3) is 15.9. The third-order valence-corrected chi connectivity index (χ3v) is 3.29. The fraction of sp³-hybridized carbons (Fsp3) is 0.938. The van der Waals surface area contributed by atoms with Crippen LogP contribution in [0.3, 0.4) is 0 Å². The van der Waals surface area contributed by atoms with Crippen LogP contribution in [-0.4, -0.2) is 19.2 Å². The molecular weight excluding hydrogens is 269 g/mol. The molecule has 20 heavy (non-hydrogen) atoms. The van der Waals surface area contributed by atoms with E-state index in [-0.39, 0.29) is 5.91 Å². The summed E-state index contributed by atoms with van der Waals surface area (Å²) in [6.07, 6.45) is 9.92. The van der Waals surface area contributed by atoms with E-state index in [4.69, 9.17) is 4.84 Å². The molecule has 0 aromatic heterocycles. The van der Waals surface area contributed by atoms with Gasteiger partial charge >= 0.3 is 0 Å². The molecule has 0 saturated carbocycles. The summed E-state index contributed by atoms with van der Waals surface area (Å²) < 4.78 is 0. The zero-order valence-electron chi connectivity index (χ0n) is 14.0. The van der Waals surface area contributed by atoms with E-state index in [0.29, 0.717) is 18.9 Å². The van der Waals surface area contributed by atoms with Crippen LogP contribution in [0.5, 0.6) is 0 Å². The summed E-state index contributed by atoms with van der Waals surface area (Å²) in [4.78, 5) is 16.7. The largest absolute Gasteiger partial charge is 0.273 e. The molecule has 0 fully saturated rings. The average molecular weight is 305 g/mol. The lowest BCUT2D eigenvalue weighted by atomic mass is 10.0. The van der Waals surface area contributed by atoms with E-state index in [0.717, 1.165) is 19.3 Å². The highest BCUT2D eigenvalue weighted by Crippen LogP contribution is 2.10. The van der Waals surface area contributed by atoms with Crippen molar-refractivity contribution < 1.29 is 9.63 Å². The lowest BCUT2D eigenvalue weighted by Crippen LogP contribution is -2.26. The highest BCUT2D eigenvalue weighted by molar-refractivity contribution is 7.15. The second-order valence-corrected chi connectivity index (χ2v) is 5.06. The number of hydrogen-bond acceptors (Lipinski definition) is 2. The van der Waals surface area contributed by atoms with Crippen molar-refractivity contribution in [1.82, 2.24) is 5.48 Å². The van der Waals surface area contributed by atoms with Crippen LogP contribution in [0.2, 0.25) is 0 Å². The van der Waals surface area contributed by atoms with Crippen LogP contribution in [0, 0.1) is 5.92 Å². The fourth-order valence-electron chi connectivity index (χ4n) is 1.99. The van der Waals surface area contributed by atoms with Crippen molar-refractivity contribution in [3.8, 4) is 0 Å². The minimum absolute atomic E-state index is 0.0258.